The summed E-state index contributed by atoms with van der Waals surface area (Å²) in [5, 5.41) is 4.05. The van der Waals surface area contributed by atoms with Crippen molar-refractivity contribution in [1.82, 2.24) is 5.43 Å². The second kappa shape index (κ2) is 9.01. The highest BCUT2D eigenvalue weighted by Crippen LogP contribution is 2.45. The fourth-order valence-corrected chi connectivity index (χ4v) is 5.74. The first-order valence-corrected chi connectivity index (χ1v) is 10.3. The average molecular weight is 433 g/mol. The molecule has 1 amide bonds. The summed E-state index contributed by atoms with van der Waals surface area (Å²) in [7, 11) is 1.59. The molecular formula is C16H21BrN2O3S2. The molecule has 0 unspecified atom stereocenters. The van der Waals surface area contributed by atoms with E-state index in [0.29, 0.717) is 24.5 Å². The molecule has 24 heavy (non-hydrogen) atoms. The Kier molecular flexibility index (Phi) is 7.31. The topological polar surface area (TPSA) is 59.9 Å². The maximum absolute atomic E-state index is 12.0. The number of hydrazone groups is 1. The van der Waals surface area contributed by atoms with Gasteiger partial charge in [-0.2, -0.15) is 5.10 Å². The summed E-state index contributed by atoms with van der Waals surface area (Å²) in [5.41, 5.74) is 3.41. The van der Waals surface area contributed by atoms with Crippen molar-refractivity contribution in [3.05, 3.63) is 22.2 Å². The minimum Gasteiger partial charge on any atom is -0.492 e. The van der Waals surface area contributed by atoms with Gasteiger partial charge in [0.15, 0.2) is 11.5 Å². The van der Waals surface area contributed by atoms with Crippen LogP contribution in [0.4, 0.5) is 0 Å². The van der Waals surface area contributed by atoms with Crippen LogP contribution in [0.15, 0.2) is 21.7 Å². The largest absolute Gasteiger partial charge is 0.492 e. The van der Waals surface area contributed by atoms with Crippen molar-refractivity contribution in [2.24, 2.45) is 5.10 Å². The summed E-state index contributed by atoms with van der Waals surface area (Å²) in [5.74, 6) is 3.39. The van der Waals surface area contributed by atoms with Gasteiger partial charge in [-0.15, -0.1) is 23.5 Å². The van der Waals surface area contributed by atoms with Gasteiger partial charge in [0.2, 0.25) is 5.91 Å². The molecule has 1 heterocycles. The Hall–Kier alpha value is -0.860. The second-order valence-corrected chi connectivity index (χ2v) is 9.58. The Balaban J connectivity index is 1.99. The number of nitrogens with zero attached hydrogens (tertiary/aromatic N) is 1. The highest BCUT2D eigenvalue weighted by molar-refractivity contribution is 9.10. The van der Waals surface area contributed by atoms with Gasteiger partial charge in [0.1, 0.15) is 0 Å². The first-order chi connectivity index (χ1) is 11.5. The molecule has 1 aliphatic heterocycles. The van der Waals surface area contributed by atoms with Gasteiger partial charge in [0.05, 0.1) is 34.9 Å². The van der Waals surface area contributed by atoms with Gasteiger partial charge in [-0.05, 0) is 47.5 Å². The SMILES string of the molecule is CCOc1cc(/C=N\NC(=O)CC2(C)SCCS2)cc(Br)c1OC. The third-order valence-corrected chi connectivity index (χ3v) is 7.20. The molecular weight excluding hydrogens is 412 g/mol. The van der Waals surface area contributed by atoms with Crippen molar-refractivity contribution >= 4 is 51.6 Å². The first-order valence-electron chi connectivity index (χ1n) is 7.57. The van der Waals surface area contributed by atoms with E-state index in [0.717, 1.165) is 21.5 Å². The molecule has 8 heteroatoms. The van der Waals surface area contributed by atoms with E-state index >= 15 is 0 Å². The van der Waals surface area contributed by atoms with Crippen LogP contribution in [0.25, 0.3) is 0 Å². The Bertz CT molecular complexity index is 620. The number of benzene rings is 1. The lowest BCUT2D eigenvalue weighted by molar-refractivity contribution is -0.121. The van der Waals surface area contributed by atoms with E-state index in [9.17, 15) is 4.79 Å². The van der Waals surface area contributed by atoms with Crippen molar-refractivity contribution in [3.63, 3.8) is 0 Å². The lowest BCUT2D eigenvalue weighted by atomic mass is 10.2. The summed E-state index contributed by atoms with van der Waals surface area (Å²) in [6, 6.07) is 3.69. The molecule has 0 atom stereocenters. The molecule has 1 aromatic rings. The number of ether oxygens (including phenoxy) is 2. The fourth-order valence-electron chi connectivity index (χ4n) is 2.29. The summed E-state index contributed by atoms with van der Waals surface area (Å²) >= 11 is 7.11. The molecule has 0 saturated carbocycles. The highest BCUT2D eigenvalue weighted by Gasteiger charge is 2.32. The minimum absolute atomic E-state index is 0.0368. The van der Waals surface area contributed by atoms with Crippen LogP contribution in [0.5, 0.6) is 11.5 Å². The van der Waals surface area contributed by atoms with Gasteiger partial charge in [-0.25, -0.2) is 5.43 Å². The zero-order chi connectivity index (χ0) is 17.6. The van der Waals surface area contributed by atoms with Gasteiger partial charge >= 0.3 is 0 Å². The van der Waals surface area contributed by atoms with E-state index in [4.69, 9.17) is 9.47 Å². The molecule has 1 saturated heterocycles. The van der Waals surface area contributed by atoms with E-state index < -0.39 is 0 Å². The Morgan fingerprint density at radius 2 is 2.17 bits per heavy atom. The van der Waals surface area contributed by atoms with Gasteiger partial charge in [0, 0.05) is 11.5 Å². The zero-order valence-corrected chi connectivity index (χ0v) is 17.1. The molecule has 0 bridgehead atoms. The standard InChI is InChI=1S/C16H21BrN2O3S2/c1-4-22-13-8-11(7-12(17)15(13)21-3)10-18-19-14(20)9-16(2)23-5-6-24-16/h7-8,10H,4-6,9H2,1-3H3,(H,19,20)/b18-10-. The molecule has 0 radical (unpaired) electrons. The Morgan fingerprint density at radius 1 is 1.46 bits per heavy atom. The Labute approximate surface area is 159 Å². The van der Waals surface area contributed by atoms with Crippen molar-refractivity contribution in [2.45, 2.75) is 24.3 Å². The van der Waals surface area contributed by atoms with Gasteiger partial charge in [-0.3, -0.25) is 4.79 Å². The maximum atomic E-state index is 12.0. The average Bonchev–Trinajstić information content (AvgIpc) is 2.93. The van der Waals surface area contributed by atoms with Crippen molar-refractivity contribution in [3.8, 4) is 11.5 Å². The monoisotopic (exact) mass is 432 g/mol. The number of halogens is 1. The molecule has 0 spiro atoms. The summed E-state index contributed by atoms with van der Waals surface area (Å²) in [6.45, 7) is 4.55. The number of thioether (sulfide) groups is 2. The van der Waals surface area contributed by atoms with Crippen LogP contribution in [-0.2, 0) is 4.79 Å². The third kappa shape index (κ3) is 5.32. The quantitative estimate of drug-likeness (QED) is 0.522. The van der Waals surface area contributed by atoms with Crippen LogP contribution in [0.2, 0.25) is 0 Å². The van der Waals surface area contributed by atoms with Crippen molar-refractivity contribution < 1.29 is 14.3 Å². The van der Waals surface area contributed by atoms with E-state index in [1.165, 1.54) is 0 Å². The summed E-state index contributed by atoms with van der Waals surface area (Å²) < 4.78 is 11.6. The van der Waals surface area contributed by atoms with Crippen LogP contribution < -0.4 is 14.9 Å². The molecule has 132 valence electrons. The molecule has 5 nitrogen and oxygen atoms in total. The number of amides is 1. The highest BCUT2D eigenvalue weighted by atomic mass is 79.9. The molecule has 1 N–H and O–H groups in total. The molecule has 1 aliphatic rings. The smallest absolute Gasteiger partial charge is 0.242 e. The number of rotatable bonds is 7. The third-order valence-electron chi connectivity index (χ3n) is 3.32. The molecule has 2 rings (SSSR count). The van der Waals surface area contributed by atoms with Crippen LogP contribution >= 0.6 is 39.5 Å². The zero-order valence-electron chi connectivity index (χ0n) is 13.9. The predicted molar refractivity (Wildman–Crippen MR) is 106 cm³/mol. The van der Waals surface area contributed by atoms with Crippen LogP contribution in [-0.4, -0.2) is 41.4 Å². The summed E-state index contributed by atoms with van der Waals surface area (Å²) in [6.07, 6.45) is 2.05. The molecule has 1 aromatic carbocycles. The molecule has 1 fully saturated rings. The van der Waals surface area contributed by atoms with Crippen molar-refractivity contribution in [2.75, 3.05) is 25.2 Å². The van der Waals surface area contributed by atoms with Gasteiger partial charge in [0.25, 0.3) is 0 Å². The number of methoxy groups -OCH3 is 1. The van der Waals surface area contributed by atoms with E-state index in [1.807, 2.05) is 42.6 Å². The number of hydrogen-bond acceptors (Lipinski definition) is 6. The van der Waals surface area contributed by atoms with Crippen LogP contribution in [0, 0.1) is 0 Å². The number of nitrogens with one attached hydrogen (secondary N) is 1. The summed E-state index contributed by atoms with van der Waals surface area (Å²) in [4.78, 5) is 12.0. The first kappa shape index (κ1) is 19.5. The minimum atomic E-state index is -0.0757. The number of carbonyl (C=O) groups is 1. The number of carbonyl (C=O) groups excluding carboxylic acids is 1. The van der Waals surface area contributed by atoms with Crippen molar-refractivity contribution in [1.29, 1.82) is 0 Å². The van der Waals surface area contributed by atoms with Gasteiger partial charge < -0.3 is 9.47 Å². The predicted octanol–water partition coefficient (Wildman–Crippen LogP) is 3.89. The lowest BCUT2D eigenvalue weighted by Gasteiger charge is -2.19. The Morgan fingerprint density at radius 3 is 2.79 bits per heavy atom. The lowest BCUT2D eigenvalue weighted by Crippen LogP contribution is -2.26. The van der Waals surface area contributed by atoms with E-state index in [-0.39, 0.29) is 9.99 Å². The second-order valence-electron chi connectivity index (χ2n) is 5.27. The maximum Gasteiger partial charge on any atom is 0.242 e. The molecule has 0 aliphatic carbocycles. The number of hydrogen-bond donors (Lipinski definition) is 1. The van der Waals surface area contributed by atoms with Crippen LogP contribution in [0.1, 0.15) is 25.8 Å². The van der Waals surface area contributed by atoms with Gasteiger partial charge in [-0.1, -0.05) is 0 Å². The fraction of sp³-hybridized carbons (Fsp3) is 0.500. The van der Waals surface area contributed by atoms with Crippen LogP contribution in [0.3, 0.4) is 0 Å². The van der Waals surface area contributed by atoms with E-state index in [1.54, 1.807) is 13.3 Å². The normalized spacial score (nSPS) is 16.3. The van der Waals surface area contributed by atoms with E-state index in [2.05, 4.69) is 33.4 Å². The molecule has 0 aromatic heterocycles.